The fourth-order valence-electron chi connectivity index (χ4n) is 1.94. The number of benzene rings is 1. The van der Waals surface area contributed by atoms with E-state index < -0.39 is 6.36 Å². The Labute approximate surface area is 157 Å². The first-order valence-electron chi connectivity index (χ1n) is 7.61. The molecule has 1 N–H and O–H groups in total. The maximum Gasteiger partial charge on any atom is 0.573 e. The number of hydrogen-bond donors (Lipinski definition) is 1. The second kappa shape index (κ2) is 8.26. The number of ether oxygens (including phenoxy) is 1. The van der Waals surface area contributed by atoms with Gasteiger partial charge in [0.1, 0.15) is 5.75 Å². The quantitative estimate of drug-likeness (QED) is 0.535. The van der Waals surface area contributed by atoms with Gasteiger partial charge in [-0.15, -0.1) is 23.4 Å². The third-order valence-electron chi connectivity index (χ3n) is 2.84. The second-order valence-electron chi connectivity index (χ2n) is 6.64. The molecule has 0 saturated carbocycles. The van der Waals surface area contributed by atoms with Crippen molar-refractivity contribution in [2.45, 2.75) is 43.6 Å². The summed E-state index contributed by atoms with van der Waals surface area (Å²) >= 11 is 2.54. The smallest absolute Gasteiger partial charge is 0.406 e. The highest BCUT2D eigenvalue weighted by atomic mass is 32.2. The topological polar surface area (TPSA) is 64.1 Å². The summed E-state index contributed by atoms with van der Waals surface area (Å²) < 4.78 is 41.3. The van der Waals surface area contributed by atoms with E-state index in [1.165, 1.54) is 41.3 Å². The number of carbonyl (C=O) groups excluding carboxylic acids is 1. The van der Waals surface area contributed by atoms with Crippen molar-refractivity contribution < 1.29 is 22.7 Å². The van der Waals surface area contributed by atoms with Crippen LogP contribution in [0.2, 0.25) is 0 Å². The van der Waals surface area contributed by atoms with Gasteiger partial charge < -0.3 is 10.1 Å². The summed E-state index contributed by atoms with van der Waals surface area (Å²) in [4.78, 5) is 11.9. The van der Waals surface area contributed by atoms with E-state index in [0.29, 0.717) is 27.2 Å². The van der Waals surface area contributed by atoms with Gasteiger partial charge in [-0.2, -0.15) is 0 Å². The highest BCUT2D eigenvalue weighted by Gasteiger charge is 2.31. The Hall–Kier alpha value is -1.81. The summed E-state index contributed by atoms with van der Waals surface area (Å²) in [5.74, 6) is 0.00444. The number of halogens is 3. The summed E-state index contributed by atoms with van der Waals surface area (Å²) in [7, 11) is 0. The lowest BCUT2D eigenvalue weighted by atomic mass is 9.92. The molecule has 0 aliphatic carbocycles. The van der Waals surface area contributed by atoms with E-state index in [-0.39, 0.29) is 17.1 Å². The molecular formula is C16H18F3N3O2S2. The number of nitrogens with one attached hydrogen (secondary N) is 1. The van der Waals surface area contributed by atoms with Crippen LogP contribution in [-0.4, -0.2) is 22.5 Å². The van der Waals surface area contributed by atoms with E-state index in [2.05, 4.69) is 20.3 Å². The standard InChI is InChI=1S/C16H18F3N3O2S2/c1-15(2,3)8-12(23)20-13-21-22-14(26-13)25-9-10-5-4-6-11(7-10)24-16(17,18)19/h4-7H,8-9H2,1-3H3,(H,20,21,23). The van der Waals surface area contributed by atoms with Crippen LogP contribution in [0.1, 0.15) is 32.8 Å². The Morgan fingerprint density at radius 2 is 2.00 bits per heavy atom. The number of thioether (sulfide) groups is 1. The van der Waals surface area contributed by atoms with Crippen LogP contribution in [-0.2, 0) is 10.5 Å². The van der Waals surface area contributed by atoms with Crippen LogP contribution in [0.3, 0.4) is 0 Å². The van der Waals surface area contributed by atoms with E-state index in [1.54, 1.807) is 6.07 Å². The van der Waals surface area contributed by atoms with E-state index in [9.17, 15) is 18.0 Å². The van der Waals surface area contributed by atoms with Crippen LogP contribution in [0.4, 0.5) is 18.3 Å². The Kier molecular flexibility index (Phi) is 6.51. The molecule has 142 valence electrons. The van der Waals surface area contributed by atoms with Gasteiger partial charge in [0.05, 0.1) is 0 Å². The Bertz CT molecular complexity index is 758. The lowest BCUT2D eigenvalue weighted by molar-refractivity contribution is -0.274. The predicted molar refractivity (Wildman–Crippen MR) is 95.3 cm³/mol. The maximum atomic E-state index is 12.3. The Morgan fingerprint density at radius 3 is 2.65 bits per heavy atom. The first-order valence-corrected chi connectivity index (χ1v) is 9.41. The largest absolute Gasteiger partial charge is 0.573 e. The summed E-state index contributed by atoms with van der Waals surface area (Å²) in [6.07, 6.45) is -4.35. The number of anilines is 1. The van der Waals surface area contributed by atoms with Gasteiger partial charge in [-0.25, -0.2) is 0 Å². The molecule has 26 heavy (non-hydrogen) atoms. The molecule has 0 atom stereocenters. The lowest BCUT2D eigenvalue weighted by Crippen LogP contribution is -2.19. The van der Waals surface area contributed by atoms with Crippen LogP contribution in [0, 0.1) is 5.41 Å². The molecule has 1 heterocycles. The van der Waals surface area contributed by atoms with Crippen LogP contribution in [0.5, 0.6) is 5.75 Å². The van der Waals surface area contributed by atoms with Crippen molar-refractivity contribution in [2.24, 2.45) is 5.41 Å². The van der Waals surface area contributed by atoms with Crippen molar-refractivity contribution in [3.63, 3.8) is 0 Å². The monoisotopic (exact) mass is 405 g/mol. The first-order chi connectivity index (χ1) is 12.0. The number of alkyl halides is 3. The maximum absolute atomic E-state index is 12.3. The zero-order valence-corrected chi connectivity index (χ0v) is 16.0. The molecule has 1 amide bonds. The molecule has 2 aromatic rings. The highest BCUT2D eigenvalue weighted by molar-refractivity contribution is 8.00. The molecule has 1 aromatic carbocycles. The third kappa shape index (κ3) is 7.61. The molecule has 0 aliphatic rings. The van der Waals surface area contributed by atoms with E-state index >= 15 is 0 Å². The molecule has 2 rings (SSSR count). The molecule has 0 aliphatic heterocycles. The van der Waals surface area contributed by atoms with Crippen LogP contribution >= 0.6 is 23.1 Å². The van der Waals surface area contributed by atoms with Crippen LogP contribution in [0.15, 0.2) is 28.6 Å². The predicted octanol–water partition coefficient (Wildman–Crippen LogP) is 5.10. The fraction of sp³-hybridized carbons (Fsp3) is 0.438. The van der Waals surface area contributed by atoms with Gasteiger partial charge in [0.25, 0.3) is 0 Å². The number of hydrogen-bond acceptors (Lipinski definition) is 6. The fourth-order valence-corrected chi connectivity index (χ4v) is 3.65. The molecule has 0 radical (unpaired) electrons. The van der Waals surface area contributed by atoms with E-state index in [0.717, 1.165) is 0 Å². The summed E-state index contributed by atoms with van der Waals surface area (Å²) in [5.41, 5.74) is 0.529. The molecule has 0 unspecified atom stereocenters. The number of rotatable bonds is 6. The lowest BCUT2D eigenvalue weighted by Gasteiger charge is -2.16. The zero-order chi connectivity index (χ0) is 19.4. The van der Waals surface area contributed by atoms with Gasteiger partial charge in [-0.3, -0.25) is 4.79 Å². The SMILES string of the molecule is CC(C)(C)CC(=O)Nc1nnc(SCc2cccc(OC(F)(F)F)c2)s1. The summed E-state index contributed by atoms with van der Waals surface area (Å²) in [6.45, 7) is 5.89. The second-order valence-corrected chi connectivity index (χ2v) is 8.84. The van der Waals surface area contributed by atoms with Gasteiger partial charge in [0, 0.05) is 12.2 Å². The normalized spacial score (nSPS) is 12.1. The number of carbonyl (C=O) groups is 1. The van der Waals surface area contributed by atoms with Crippen molar-refractivity contribution in [2.75, 3.05) is 5.32 Å². The van der Waals surface area contributed by atoms with Crippen molar-refractivity contribution in [1.29, 1.82) is 0 Å². The van der Waals surface area contributed by atoms with E-state index in [4.69, 9.17) is 0 Å². The van der Waals surface area contributed by atoms with Crippen molar-refractivity contribution in [3.8, 4) is 5.75 Å². The van der Waals surface area contributed by atoms with Gasteiger partial charge in [-0.05, 0) is 23.1 Å². The highest BCUT2D eigenvalue weighted by Crippen LogP contribution is 2.30. The van der Waals surface area contributed by atoms with E-state index in [1.807, 2.05) is 20.8 Å². The Morgan fingerprint density at radius 1 is 1.27 bits per heavy atom. The molecule has 1 aromatic heterocycles. The molecule has 0 saturated heterocycles. The van der Waals surface area contributed by atoms with Gasteiger partial charge in [0.2, 0.25) is 11.0 Å². The molecule has 10 heteroatoms. The molecule has 0 fully saturated rings. The van der Waals surface area contributed by atoms with Gasteiger partial charge in [-0.1, -0.05) is 56.0 Å². The van der Waals surface area contributed by atoms with Crippen LogP contribution < -0.4 is 10.1 Å². The van der Waals surface area contributed by atoms with Gasteiger partial charge in [0.15, 0.2) is 4.34 Å². The number of amides is 1. The molecule has 5 nitrogen and oxygen atoms in total. The molecule has 0 bridgehead atoms. The molecule has 0 spiro atoms. The average molecular weight is 405 g/mol. The minimum absolute atomic E-state index is 0.129. The van der Waals surface area contributed by atoms with Gasteiger partial charge >= 0.3 is 6.36 Å². The van der Waals surface area contributed by atoms with Crippen LogP contribution in [0.25, 0.3) is 0 Å². The number of nitrogens with zero attached hydrogens (tertiary/aromatic N) is 2. The van der Waals surface area contributed by atoms with Crippen molar-refractivity contribution >= 4 is 34.1 Å². The average Bonchev–Trinajstić information content (AvgIpc) is 2.89. The van der Waals surface area contributed by atoms with Crippen molar-refractivity contribution in [1.82, 2.24) is 10.2 Å². The van der Waals surface area contributed by atoms with Crippen molar-refractivity contribution in [3.05, 3.63) is 29.8 Å². The first kappa shape index (κ1) is 20.5. The summed E-state index contributed by atoms with van der Waals surface area (Å²) in [5, 5.41) is 11.0. The zero-order valence-electron chi connectivity index (χ0n) is 14.4. The minimum Gasteiger partial charge on any atom is -0.406 e. The third-order valence-corrected chi connectivity index (χ3v) is 4.88. The minimum atomic E-state index is -4.72. The number of aromatic nitrogens is 2. The molecular weight excluding hydrogens is 387 g/mol. The summed E-state index contributed by atoms with van der Waals surface area (Å²) in [6, 6.07) is 5.77. The Balaban J connectivity index is 1.90.